The van der Waals surface area contributed by atoms with Gasteiger partial charge in [0, 0.05) is 12.1 Å². The summed E-state index contributed by atoms with van der Waals surface area (Å²) in [6.07, 6.45) is 6.17. The molecule has 2 heterocycles. The molecule has 4 N–H and O–H groups in total. The Hall–Kier alpha value is -3.23. The van der Waals surface area contributed by atoms with Gasteiger partial charge < -0.3 is 30.1 Å². The second-order valence-corrected chi connectivity index (χ2v) is 10.8. The number of aromatic hydroxyl groups is 3. The van der Waals surface area contributed by atoms with Gasteiger partial charge in [0.25, 0.3) is 5.91 Å². The molecule has 194 valence electrons. The molecule has 2 aromatic carbocycles. The fraction of sp³-hybridized carbons (Fsp3) is 0.464. The molecule has 36 heavy (non-hydrogen) atoms. The molecule has 0 aliphatic carbocycles. The van der Waals surface area contributed by atoms with E-state index in [2.05, 4.69) is 32.2 Å². The van der Waals surface area contributed by atoms with Gasteiger partial charge in [-0.15, -0.1) is 0 Å². The van der Waals surface area contributed by atoms with Crippen LogP contribution in [-0.2, 0) is 9.47 Å². The molecule has 1 saturated heterocycles. The third-order valence-electron chi connectivity index (χ3n) is 6.93. The maximum atomic E-state index is 13.5. The fourth-order valence-electron chi connectivity index (χ4n) is 4.47. The molecular formula is C28H36N2O6. The van der Waals surface area contributed by atoms with E-state index < -0.39 is 11.5 Å². The van der Waals surface area contributed by atoms with Crippen LogP contribution in [0.5, 0.6) is 17.2 Å². The van der Waals surface area contributed by atoms with E-state index in [-0.39, 0.29) is 52.2 Å². The summed E-state index contributed by atoms with van der Waals surface area (Å²) >= 11 is 0. The summed E-state index contributed by atoms with van der Waals surface area (Å²) in [4.78, 5) is 14.8. The number of para-hydroxylation sites is 1. The zero-order valence-corrected chi connectivity index (χ0v) is 21.6. The minimum Gasteiger partial charge on any atom is -0.508 e. The lowest BCUT2D eigenvalue weighted by Gasteiger charge is -2.30. The van der Waals surface area contributed by atoms with Crippen molar-refractivity contribution >= 4 is 23.0 Å². The topological polar surface area (TPSA) is 115 Å². The Morgan fingerprint density at radius 2 is 1.92 bits per heavy atom. The standard InChI is InChI=1S/C28H36N2O6/c1-17(11-12-23-28(4,5)36-23)8-7-13-27(2,3)35-16-30-20-14-18(31)15-22(33)25(20)29-24-19(26(30)34)9-6-10-21(24)32/h6,8-10,14-15,23,29,31-33H,7,11-13,16H2,1-5H3/b17-8+. The number of benzene rings is 2. The van der Waals surface area contributed by atoms with E-state index in [1.54, 1.807) is 12.1 Å². The number of carbonyl (C=O) groups is 1. The minimum absolute atomic E-state index is 0.0157. The number of phenols is 3. The van der Waals surface area contributed by atoms with Crippen LogP contribution in [0.15, 0.2) is 42.0 Å². The molecule has 2 aliphatic heterocycles. The van der Waals surface area contributed by atoms with Gasteiger partial charge in [0.15, 0.2) is 0 Å². The van der Waals surface area contributed by atoms with E-state index in [0.717, 1.165) is 25.7 Å². The first-order valence-corrected chi connectivity index (χ1v) is 12.3. The number of anilines is 3. The van der Waals surface area contributed by atoms with Crippen LogP contribution in [-0.4, -0.2) is 45.3 Å². The van der Waals surface area contributed by atoms with Gasteiger partial charge in [-0.2, -0.15) is 0 Å². The molecule has 2 aromatic rings. The number of hydrogen-bond acceptors (Lipinski definition) is 7. The second kappa shape index (κ2) is 9.67. The van der Waals surface area contributed by atoms with Gasteiger partial charge in [0.05, 0.1) is 34.2 Å². The number of ether oxygens (including phenoxy) is 2. The van der Waals surface area contributed by atoms with Crippen molar-refractivity contribution in [2.75, 3.05) is 16.9 Å². The van der Waals surface area contributed by atoms with Gasteiger partial charge in [0.2, 0.25) is 0 Å². The van der Waals surface area contributed by atoms with E-state index in [4.69, 9.17) is 9.47 Å². The van der Waals surface area contributed by atoms with Crippen LogP contribution >= 0.6 is 0 Å². The number of epoxide rings is 1. The Bertz CT molecular complexity index is 1190. The smallest absolute Gasteiger partial charge is 0.262 e. The van der Waals surface area contributed by atoms with Gasteiger partial charge in [-0.3, -0.25) is 9.69 Å². The second-order valence-electron chi connectivity index (χ2n) is 10.8. The lowest BCUT2D eigenvalue weighted by atomic mass is 9.99. The van der Waals surface area contributed by atoms with Gasteiger partial charge in [-0.05, 0) is 72.4 Å². The molecule has 0 spiro atoms. The van der Waals surface area contributed by atoms with E-state index in [0.29, 0.717) is 6.10 Å². The summed E-state index contributed by atoms with van der Waals surface area (Å²) in [6.45, 7) is 10.2. The van der Waals surface area contributed by atoms with E-state index in [1.807, 2.05) is 13.8 Å². The van der Waals surface area contributed by atoms with Crippen LogP contribution in [0.25, 0.3) is 0 Å². The molecule has 8 heteroatoms. The fourth-order valence-corrected chi connectivity index (χ4v) is 4.47. The molecule has 0 bridgehead atoms. The maximum absolute atomic E-state index is 13.5. The van der Waals surface area contributed by atoms with Crippen molar-refractivity contribution in [1.82, 2.24) is 0 Å². The normalized spacial score (nSPS) is 18.8. The Morgan fingerprint density at radius 3 is 2.61 bits per heavy atom. The number of fused-ring (bicyclic) bond motifs is 2. The predicted molar refractivity (Wildman–Crippen MR) is 139 cm³/mol. The summed E-state index contributed by atoms with van der Waals surface area (Å²) in [5.41, 5.74) is 1.66. The van der Waals surface area contributed by atoms with Crippen LogP contribution in [0, 0.1) is 0 Å². The zero-order valence-electron chi connectivity index (χ0n) is 21.6. The maximum Gasteiger partial charge on any atom is 0.262 e. The molecule has 0 radical (unpaired) electrons. The number of nitrogens with one attached hydrogen (secondary N) is 1. The van der Waals surface area contributed by atoms with Gasteiger partial charge in [-0.1, -0.05) is 17.7 Å². The van der Waals surface area contributed by atoms with E-state index in [9.17, 15) is 20.1 Å². The molecule has 0 aromatic heterocycles. The third-order valence-corrected chi connectivity index (χ3v) is 6.93. The van der Waals surface area contributed by atoms with Crippen LogP contribution in [0.2, 0.25) is 0 Å². The number of amides is 1. The van der Waals surface area contributed by atoms with E-state index >= 15 is 0 Å². The van der Waals surface area contributed by atoms with Crippen molar-refractivity contribution in [3.05, 3.63) is 47.5 Å². The molecule has 1 amide bonds. The van der Waals surface area contributed by atoms with E-state index in [1.165, 1.54) is 28.7 Å². The van der Waals surface area contributed by atoms with Crippen LogP contribution in [0.3, 0.4) is 0 Å². The lowest BCUT2D eigenvalue weighted by Crippen LogP contribution is -2.37. The molecule has 8 nitrogen and oxygen atoms in total. The summed E-state index contributed by atoms with van der Waals surface area (Å²) in [6, 6.07) is 7.19. The monoisotopic (exact) mass is 496 g/mol. The number of allylic oxidation sites excluding steroid dienone is 2. The van der Waals surface area contributed by atoms with Crippen molar-refractivity contribution in [2.24, 2.45) is 0 Å². The molecule has 1 unspecified atom stereocenters. The predicted octanol–water partition coefficient (Wildman–Crippen LogP) is 5.94. The van der Waals surface area contributed by atoms with Crippen molar-refractivity contribution in [3.63, 3.8) is 0 Å². The summed E-state index contributed by atoms with van der Waals surface area (Å²) in [5, 5.41) is 33.9. The SMILES string of the molecule is C/C(=C\CCC(C)(C)OCN1C(=O)c2cccc(O)c2Nc2c(O)cc(O)cc21)CCC1OC1(C)C. The highest BCUT2D eigenvalue weighted by molar-refractivity contribution is 6.15. The van der Waals surface area contributed by atoms with Crippen LogP contribution in [0.1, 0.15) is 70.7 Å². The summed E-state index contributed by atoms with van der Waals surface area (Å²) < 4.78 is 11.9. The van der Waals surface area contributed by atoms with Crippen molar-refractivity contribution in [1.29, 1.82) is 0 Å². The highest BCUT2D eigenvalue weighted by atomic mass is 16.6. The van der Waals surface area contributed by atoms with Crippen molar-refractivity contribution in [2.45, 2.75) is 77.6 Å². The van der Waals surface area contributed by atoms with Crippen LogP contribution < -0.4 is 10.2 Å². The van der Waals surface area contributed by atoms with Gasteiger partial charge >= 0.3 is 0 Å². The molecule has 0 saturated carbocycles. The van der Waals surface area contributed by atoms with Gasteiger partial charge in [-0.25, -0.2) is 0 Å². The first kappa shape index (κ1) is 25.9. The Labute approximate surface area is 212 Å². The average Bonchev–Trinajstić information content (AvgIpc) is 3.43. The van der Waals surface area contributed by atoms with Crippen molar-refractivity contribution in [3.8, 4) is 17.2 Å². The summed E-state index contributed by atoms with van der Waals surface area (Å²) in [7, 11) is 0. The number of hydrogen-bond donors (Lipinski definition) is 4. The van der Waals surface area contributed by atoms with Crippen LogP contribution in [0.4, 0.5) is 17.1 Å². The highest BCUT2D eigenvalue weighted by Crippen LogP contribution is 2.46. The number of carbonyl (C=O) groups excluding carboxylic acids is 1. The minimum atomic E-state index is -0.543. The lowest BCUT2D eigenvalue weighted by molar-refractivity contribution is -0.0208. The van der Waals surface area contributed by atoms with Crippen molar-refractivity contribution < 1.29 is 29.6 Å². The third kappa shape index (κ3) is 5.60. The molecule has 4 rings (SSSR count). The number of nitrogens with zero attached hydrogens (tertiary/aromatic N) is 1. The molecule has 1 fully saturated rings. The zero-order chi connectivity index (χ0) is 26.3. The molecule has 1 atom stereocenters. The first-order chi connectivity index (χ1) is 16.9. The quantitative estimate of drug-likeness (QED) is 0.147. The van der Waals surface area contributed by atoms with Gasteiger partial charge in [0.1, 0.15) is 29.7 Å². The molecular weight excluding hydrogens is 460 g/mol. The Balaban J connectivity index is 1.45. The number of phenolic OH excluding ortho intramolecular Hbond substituents is 3. The number of rotatable bonds is 9. The Kier molecular flexibility index (Phi) is 6.94. The molecule has 2 aliphatic rings. The first-order valence-electron chi connectivity index (χ1n) is 12.3. The highest BCUT2D eigenvalue weighted by Gasteiger charge is 2.46. The summed E-state index contributed by atoms with van der Waals surface area (Å²) in [5.74, 6) is -0.991. The Morgan fingerprint density at radius 1 is 1.19 bits per heavy atom. The largest absolute Gasteiger partial charge is 0.508 e. The average molecular weight is 497 g/mol.